The highest BCUT2D eigenvalue weighted by atomic mass is 79.9. The first-order chi connectivity index (χ1) is 20.9. The molecule has 5 aromatic rings. The fraction of sp³-hybridized carbons (Fsp3) is 0.0606. The molecule has 0 fully saturated rings. The lowest BCUT2D eigenvalue weighted by atomic mass is 9.84. The van der Waals surface area contributed by atoms with E-state index in [-0.39, 0.29) is 31.8 Å². The minimum atomic E-state index is -4.92. The zero-order valence-electron chi connectivity index (χ0n) is 22.4. The molecule has 0 saturated heterocycles. The molecule has 0 bridgehead atoms. The first-order valence-corrected chi connectivity index (χ1v) is 15.0. The van der Waals surface area contributed by atoms with Crippen LogP contribution in [0.25, 0.3) is 44.5 Å². The van der Waals surface area contributed by atoms with Crippen molar-refractivity contribution in [2.75, 3.05) is 7.11 Å². The van der Waals surface area contributed by atoms with Gasteiger partial charge in [-0.25, -0.2) is 4.79 Å². The second kappa shape index (κ2) is 13.0. The lowest BCUT2D eigenvalue weighted by Crippen LogP contribution is -2.17. The van der Waals surface area contributed by atoms with Crippen LogP contribution >= 0.6 is 62.3 Å². The minimum Gasteiger partial charge on any atom is -0.465 e. The molecule has 0 aromatic heterocycles. The molecular formula is C33H18BrCl4F3O3. The van der Waals surface area contributed by atoms with Gasteiger partial charge in [0.1, 0.15) is 5.75 Å². The van der Waals surface area contributed by atoms with Crippen LogP contribution in [0.3, 0.4) is 0 Å². The van der Waals surface area contributed by atoms with Gasteiger partial charge in [0, 0.05) is 26.7 Å². The van der Waals surface area contributed by atoms with Crippen molar-refractivity contribution in [3.05, 3.63) is 121 Å². The number of hydrogen-bond acceptors (Lipinski definition) is 3. The molecule has 5 aromatic carbocycles. The lowest BCUT2D eigenvalue weighted by Gasteiger charge is -2.24. The molecule has 0 N–H and O–H groups in total. The Morgan fingerprint density at radius 3 is 1.82 bits per heavy atom. The Balaban J connectivity index is 1.96. The average Bonchev–Trinajstić information content (AvgIpc) is 2.97. The normalized spacial score (nSPS) is 11.4. The van der Waals surface area contributed by atoms with Gasteiger partial charge in [0.25, 0.3) is 0 Å². The predicted molar refractivity (Wildman–Crippen MR) is 174 cm³/mol. The number of hydrogen-bond donors (Lipinski definition) is 0. The van der Waals surface area contributed by atoms with E-state index in [2.05, 4.69) is 20.7 Å². The number of rotatable bonds is 6. The maximum atomic E-state index is 13.1. The van der Waals surface area contributed by atoms with Gasteiger partial charge in [-0.05, 0) is 70.8 Å². The van der Waals surface area contributed by atoms with E-state index in [0.717, 1.165) is 4.47 Å². The van der Waals surface area contributed by atoms with Crippen molar-refractivity contribution in [1.82, 2.24) is 0 Å². The number of esters is 1. The zero-order valence-corrected chi connectivity index (χ0v) is 27.0. The third-order valence-corrected chi connectivity index (χ3v) is 8.62. The molecule has 0 amide bonds. The Morgan fingerprint density at radius 2 is 1.23 bits per heavy atom. The summed E-state index contributed by atoms with van der Waals surface area (Å²) >= 11 is 30.7. The van der Waals surface area contributed by atoms with Gasteiger partial charge in [-0.3, -0.25) is 0 Å². The van der Waals surface area contributed by atoms with Crippen LogP contribution in [0, 0.1) is 0 Å². The highest BCUT2D eigenvalue weighted by Crippen LogP contribution is 2.54. The summed E-state index contributed by atoms with van der Waals surface area (Å²) in [6.45, 7) is 0. The van der Waals surface area contributed by atoms with Crippen molar-refractivity contribution >= 4 is 68.3 Å². The molecule has 0 saturated carbocycles. The van der Waals surface area contributed by atoms with Gasteiger partial charge in [0.2, 0.25) is 0 Å². The summed E-state index contributed by atoms with van der Waals surface area (Å²) in [7, 11) is 1.27. The molecule has 0 spiro atoms. The third kappa shape index (κ3) is 6.72. The van der Waals surface area contributed by atoms with Crippen LogP contribution in [-0.4, -0.2) is 19.4 Å². The average molecular weight is 741 g/mol. The van der Waals surface area contributed by atoms with Gasteiger partial charge in [-0.1, -0.05) is 105 Å². The molecule has 3 nitrogen and oxygen atoms in total. The standard InChI is InChI=1S/C33H18BrCl4F3O3/c1-43-32(42)21-8-2-5-17(13-21)27-26(18-6-3-9-22(34)14-18)28(20-11-12-24(35)25(36)16-20)31(38)29(30(27)37)19-7-4-10-23(15-19)44-33(39,40)41/h2-16H,1H3. The van der Waals surface area contributed by atoms with E-state index in [1.165, 1.54) is 25.3 Å². The molecular weight excluding hydrogens is 723 g/mol. The maximum Gasteiger partial charge on any atom is 0.573 e. The number of halogens is 8. The van der Waals surface area contributed by atoms with Crippen LogP contribution in [0.2, 0.25) is 20.1 Å². The van der Waals surface area contributed by atoms with E-state index in [1.807, 2.05) is 24.3 Å². The summed E-state index contributed by atoms with van der Waals surface area (Å²) in [5.74, 6) is -1.02. The van der Waals surface area contributed by atoms with Gasteiger partial charge >= 0.3 is 12.3 Å². The van der Waals surface area contributed by atoms with E-state index in [1.54, 1.807) is 48.5 Å². The largest absolute Gasteiger partial charge is 0.573 e. The lowest BCUT2D eigenvalue weighted by molar-refractivity contribution is -0.274. The first kappa shape index (κ1) is 32.2. The van der Waals surface area contributed by atoms with Gasteiger partial charge in [0.15, 0.2) is 0 Å². The SMILES string of the molecule is COC(=O)c1cccc(-c2c(Cl)c(-c3cccc(OC(F)(F)F)c3)c(Cl)c(-c3ccc(Cl)c(Cl)c3)c2-c2cccc(Br)c2)c1. The second-order valence-electron chi connectivity index (χ2n) is 9.42. The molecule has 224 valence electrons. The Morgan fingerprint density at radius 1 is 0.659 bits per heavy atom. The van der Waals surface area contributed by atoms with E-state index in [4.69, 9.17) is 51.1 Å². The molecule has 0 aliphatic heterocycles. The summed E-state index contributed by atoms with van der Waals surface area (Å²) in [6.07, 6.45) is -4.92. The van der Waals surface area contributed by atoms with E-state index in [0.29, 0.717) is 38.4 Å². The van der Waals surface area contributed by atoms with Crippen molar-refractivity contribution < 1.29 is 27.4 Å². The summed E-state index contributed by atoms with van der Waals surface area (Å²) in [4.78, 5) is 12.5. The van der Waals surface area contributed by atoms with Crippen molar-refractivity contribution in [3.8, 4) is 50.3 Å². The quantitative estimate of drug-likeness (QED) is 0.163. The van der Waals surface area contributed by atoms with Gasteiger partial charge in [-0.2, -0.15) is 0 Å². The molecule has 0 atom stereocenters. The van der Waals surface area contributed by atoms with Crippen LogP contribution in [0.4, 0.5) is 13.2 Å². The Kier molecular flexibility index (Phi) is 9.54. The fourth-order valence-electron chi connectivity index (χ4n) is 4.84. The van der Waals surface area contributed by atoms with Gasteiger partial charge in [-0.15, -0.1) is 13.2 Å². The number of ether oxygens (including phenoxy) is 2. The van der Waals surface area contributed by atoms with Crippen molar-refractivity contribution in [1.29, 1.82) is 0 Å². The molecule has 5 rings (SSSR count). The van der Waals surface area contributed by atoms with Gasteiger partial charge < -0.3 is 9.47 Å². The van der Waals surface area contributed by atoms with Gasteiger partial charge in [0.05, 0.1) is 32.8 Å². The van der Waals surface area contributed by atoms with Crippen LogP contribution < -0.4 is 4.74 Å². The van der Waals surface area contributed by atoms with Crippen molar-refractivity contribution in [2.24, 2.45) is 0 Å². The van der Waals surface area contributed by atoms with E-state index >= 15 is 0 Å². The highest BCUT2D eigenvalue weighted by molar-refractivity contribution is 9.10. The van der Waals surface area contributed by atoms with Crippen molar-refractivity contribution in [2.45, 2.75) is 6.36 Å². The van der Waals surface area contributed by atoms with E-state index < -0.39 is 18.1 Å². The topological polar surface area (TPSA) is 35.5 Å². The number of alkyl halides is 3. The Labute approximate surface area is 279 Å². The molecule has 44 heavy (non-hydrogen) atoms. The fourth-order valence-corrected chi connectivity index (χ4v) is 6.40. The summed E-state index contributed by atoms with van der Waals surface area (Å²) < 4.78 is 49.3. The second-order valence-corrected chi connectivity index (χ2v) is 11.9. The van der Waals surface area contributed by atoms with Crippen molar-refractivity contribution in [3.63, 3.8) is 0 Å². The highest BCUT2D eigenvalue weighted by Gasteiger charge is 2.32. The summed E-state index contributed by atoms with van der Waals surface area (Å²) in [6, 6.07) is 24.4. The molecule has 0 unspecified atom stereocenters. The predicted octanol–water partition coefficient (Wildman–Crippen LogP) is 12.4. The van der Waals surface area contributed by atoms with Crippen LogP contribution in [-0.2, 0) is 4.74 Å². The summed E-state index contributed by atoms with van der Waals surface area (Å²) in [5.41, 5.74) is 4.04. The zero-order chi connectivity index (χ0) is 31.8. The first-order valence-electron chi connectivity index (χ1n) is 12.7. The summed E-state index contributed by atoms with van der Waals surface area (Å²) in [5, 5.41) is 0.833. The molecule has 0 aliphatic carbocycles. The molecule has 11 heteroatoms. The van der Waals surface area contributed by atoms with Crippen LogP contribution in [0.15, 0.2) is 95.5 Å². The number of carbonyl (C=O) groups is 1. The van der Waals surface area contributed by atoms with Crippen LogP contribution in [0.1, 0.15) is 10.4 Å². The molecule has 0 aliphatic rings. The minimum absolute atomic E-state index is 0.125. The van der Waals surface area contributed by atoms with E-state index in [9.17, 15) is 18.0 Å². The molecule has 0 radical (unpaired) electrons. The number of methoxy groups -OCH3 is 1. The number of benzene rings is 5. The Bertz CT molecular complexity index is 1910. The molecule has 0 heterocycles. The Hall–Kier alpha value is -3.20. The maximum absolute atomic E-state index is 13.1. The number of carbonyl (C=O) groups excluding carboxylic acids is 1. The third-order valence-electron chi connectivity index (χ3n) is 6.63. The smallest absolute Gasteiger partial charge is 0.465 e. The monoisotopic (exact) mass is 738 g/mol. The van der Waals surface area contributed by atoms with Crippen LogP contribution in [0.5, 0.6) is 5.75 Å².